The molecule has 1 aromatic carbocycles. The lowest BCUT2D eigenvalue weighted by Crippen LogP contribution is -2.22. The van der Waals surface area contributed by atoms with E-state index in [0.29, 0.717) is 12.3 Å². The first-order valence-corrected chi connectivity index (χ1v) is 5.93. The molecule has 1 atom stereocenters. The molecular formula is C14H17NO2. The maximum Gasteiger partial charge on any atom is 0.158 e. The summed E-state index contributed by atoms with van der Waals surface area (Å²) in [7, 11) is 0. The number of anilines is 1. The summed E-state index contributed by atoms with van der Waals surface area (Å²) in [5.74, 6) is 5.95. The summed E-state index contributed by atoms with van der Waals surface area (Å²) in [6.07, 6.45) is 3.19. The lowest BCUT2D eigenvalue weighted by atomic mass is 10.2. The maximum absolute atomic E-state index is 5.78. The fourth-order valence-corrected chi connectivity index (χ4v) is 1.72. The van der Waals surface area contributed by atoms with Gasteiger partial charge in [0.05, 0.1) is 0 Å². The number of para-hydroxylation sites is 1. The van der Waals surface area contributed by atoms with E-state index >= 15 is 0 Å². The molecule has 1 aliphatic heterocycles. The Kier molecular flexibility index (Phi) is 4.43. The topological polar surface area (TPSA) is 44.5 Å². The summed E-state index contributed by atoms with van der Waals surface area (Å²) >= 11 is 0. The second-order valence-corrected chi connectivity index (χ2v) is 4.00. The van der Waals surface area contributed by atoms with Crippen LogP contribution in [0.4, 0.5) is 5.69 Å². The molecule has 1 heterocycles. The van der Waals surface area contributed by atoms with Crippen LogP contribution in [0.3, 0.4) is 0 Å². The standard InChI is InChI=1S/C14H17NO2/c15-13-8-2-1-6-12(13)7-5-11-17-14-9-3-4-10-16-14/h1-2,6,8,14H,3-4,9-11,15H2. The van der Waals surface area contributed by atoms with E-state index in [4.69, 9.17) is 15.2 Å². The lowest BCUT2D eigenvalue weighted by molar-refractivity contribution is -0.154. The average Bonchev–Trinajstić information content (AvgIpc) is 2.38. The fraction of sp³-hybridized carbons (Fsp3) is 0.429. The third kappa shape index (κ3) is 3.77. The number of benzene rings is 1. The predicted molar refractivity (Wildman–Crippen MR) is 67.3 cm³/mol. The normalized spacial score (nSPS) is 19.4. The first-order valence-electron chi connectivity index (χ1n) is 5.93. The van der Waals surface area contributed by atoms with Gasteiger partial charge in [0.25, 0.3) is 0 Å². The monoisotopic (exact) mass is 231 g/mol. The zero-order valence-electron chi connectivity index (χ0n) is 9.82. The van der Waals surface area contributed by atoms with Gasteiger partial charge in [-0.05, 0) is 31.4 Å². The molecule has 1 aliphatic rings. The molecule has 0 radical (unpaired) electrons. The van der Waals surface area contributed by atoms with Crippen molar-refractivity contribution in [2.75, 3.05) is 18.9 Å². The Bertz CT molecular complexity index is 414. The molecule has 0 amide bonds. The van der Waals surface area contributed by atoms with Crippen LogP contribution in [0.25, 0.3) is 0 Å². The van der Waals surface area contributed by atoms with E-state index in [1.807, 2.05) is 24.3 Å². The Balaban J connectivity index is 1.80. The summed E-state index contributed by atoms with van der Waals surface area (Å²) in [5.41, 5.74) is 7.33. The van der Waals surface area contributed by atoms with Crippen LogP contribution >= 0.6 is 0 Å². The molecule has 1 fully saturated rings. The first-order chi connectivity index (χ1) is 8.36. The number of hydrogen-bond acceptors (Lipinski definition) is 3. The quantitative estimate of drug-likeness (QED) is 0.626. The maximum atomic E-state index is 5.78. The summed E-state index contributed by atoms with van der Waals surface area (Å²) in [5, 5.41) is 0. The molecule has 3 heteroatoms. The van der Waals surface area contributed by atoms with Crippen molar-refractivity contribution in [3.05, 3.63) is 29.8 Å². The SMILES string of the molecule is Nc1ccccc1C#CCOC1CCCCO1. The molecule has 0 saturated carbocycles. The third-order valence-electron chi connectivity index (χ3n) is 2.66. The summed E-state index contributed by atoms with van der Waals surface area (Å²) < 4.78 is 10.9. The van der Waals surface area contributed by atoms with Crippen LogP contribution in [0.15, 0.2) is 24.3 Å². The zero-order chi connectivity index (χ0) is 11.9. The highest BCUT2D eigenvalue weighted by molar-refractivity contribution is 5.55. The molecule has 1 unspecified atom stereocenters. The third-order valence-corrected chi connectivity index (χ3v) is 2.66. The second kappa shape index (κ2) is 6.29. The molecule has 2 N–H and O–H groups in total. The van der Waals surface area contributed by atoms with Gasteiger partial charge in [0, 0.05) is 17.9 Å². The summed E-state index contributed by atoms with van der Waals surface area (Å²) in [4.78, 5) is 0. The van der Waals surface area contributed by atoms with E-state index in [0.717, 1.165) is 25.0 Å². The highest BCUT2D eigenvalue weighted by Crippen LogP contribution is 2.13. The first kappa shape index (κ1) is 12.0. The van der Waals surface area contributed by atoms with Gasteiger partial charge in [-0.2, -0.15) is 0 Å². The molecule has 0 spiro atoms. The van der Waals surface area contributed by atoms with E-state index in [1.54, 1.807) is 0 Å². The lowest BCUT2D eigenvalue weighted by Gasteiger charge is -2.21. The van der Waals surface area contributed by atoms with Crippen molar-refractivity contribution in [2.24, 2.45) is 0 Å². The Morgan fingerprint density at radius 2 is 2.24 bits per heavy atom. The van der Waals surface area contributed by atoms with Gasteiger partial charge >= 0.3 is 0 Å². The van der Waals surface area contributed by atoms with Crippen LogP contribution in [0, 0.1) is 11.8 Å². The van der Waals surface area contributed by atoms with Gasteiger partial charge in [0.2, 0.25) is 0 Å². The van der Waals surface area contributed by atoms with Gasteiger partial charge in [-0.15, -0.1) is 0 Å². The molecule has 17 heavy (non-hydrogen) atoms. The van der Waals surface area contributed by atoms with E-state index in [-0.39, 0.29) is 6.29 Å². The van der Waals surface area contributed by atoms with Crippen molar-refractivity contribution in [1.82, 2.24) is 0 Å². The number of nitrogens with two attached hydrogens (primary N) is 1. The van der Waals surface area contributed by atoms with Crippen molar-refractivity contribution >= 4 is 5.69 Å². The Hall–Kier alpha value is -1.50. The van der Waals surface area contributed by atoms with E-state index < -0.39 is 0 Å². The minimum atomic E-state index is -0.0776. The molecule has 1 saturated heterocycles. The number of rotatable bonds is 2. The minimum Gasteiger partial charge on any atom is -0.398 e. The molecule has 0 aliphatic carbocycles. The molecule has 0 aromatic heterocycles. The van der Waals surface area contributed by atoms with Gasteiger partial charge in [-0.25, -0.2) is 0 Å². The number of hydrogen-bond donors (Lipinski definition) is 1. The van der Waals surface area contributed by atoms with Crippen molar-refractivity contribution < 1.29 is 9.47 Å². The van der Waals surface area contributed by atoms with Crippen LogP contribution in [0.1, 0.15) is 24.8 Å². The predicted octanol–water partition coefficient (Wildman–Crippen LogP) is 2.16. The largest absolute Gasteiger partial charge is 0.398 e. The van der Waals surface area contributed by atoms with Gasteiger partial charge in [-0.3, -0.25) is 0 Å². The molecule has 2 rings (SSSR count). The molecule has 90 valence electrons. The van der Waals surface area contributed by atoms with Crippen molar-refractivity contribution in [3.63, 3.8) is 0 Å². The van der Waals surface area contributed by atoms with Gasteiger partial charge < -0.3 is 15.2 Å². The van der Waals surface area contributed by atoms with Crippen molar-refractivity contribution in [2.45, 2.75) is 25.6 Å². The van der Waals surface area contributed by atoms with Gasteiger partial charge in [0.1, 0.15) is 6.61 Å². The van der Waals surface area contributed by atoms with Crippen molar-refractivity contribution in [3.8, 4) is 11.8 Å². The number of ether oxygens (including phenoxy) is 2. The van der Waals surface area contributed by atoms with Crippen LogP contribution in [0.2, 0.25) is 0 Å². The Labute approximate surface area is 102 Å². The zero-order valence-corrected chi connectivity index (χ0v) is 9.82. The van der Waals surface area contributed by atoms with Crippen LogP contribution in [-0.4, -0.2) is 19.5 Å². The van der Waals surface area contributed by atoms with E-state index in [9.17, 15) is 0 Å². The van der Waals surface area contributed by atoms with E-state index in [2.05, 4.69) is 11.8 Å². The number of nitrogen functional groups attached to an aromatic ring is 1. The highest BCUT2D eigenvalue weighted by atomic mass is 16.7. The fourth-order valence-electron chi connectivity index (χ4n) is 1.72. The van der Waals surface area contributed by atoms with Crippen LogP contribution in [0.5, 0.6) is 0 Å². The van der Waals surface area contributed by atoms with Crippen LogP contribution < -0.4 is 5.73 Å². The molecule has 0 bridgehead atoms. The van der Waals surface area contributed by atoms with Gasteiger partial charge in [0.15, 0.2) is 6.29 Å². The van der Waals surface area contributed by atoms with E-state index in [1.165, 1.54) is 6.42 Å². The second-order valence-electron chi connectivity index (χ2n) is 4.00. The molecule has 1 aromatic rings. The molecule has 3 nitrogen and oxygen atoms in total. The van der Waals surface area contributed by atoms with Crippen molar-refractivity contribution in [1.29, 1.82) is 0 Å². The smallest absolute Gasteiger partial charge is 0.158 e. The van der Waals surface area contributed by atoms with Crippen LogP contribution in [-0.2, 0) is 9.47 Å². The molecular weight excluding hydrogens is 214 g/mol. The highest BCUT2D eigenvalue weighted by Gasteiger charge is 2.12. The van der Waals surface area contributed by atoms with Gasteiger partial charge in [-0.1, -0.05) is 24.0 Å². The summed E-state index contributed by atoms with van der Waals surface area (Å²) in [6, 6.07) is 7.56. The minimum absolute atomic E-state index is 0.0776. The summed E-state index contributed by atoms with van der Waals surface area (Å²) in [6.45, 7) is 1.18. The Morgan fingerprint density at radius 3 is 3.00 bits per heavy atom. The Morgan fingerprint density at radius 1 is 1.35 bits per heavy atom. The average molecular weight is 231 g/mol.